The standard InChI is InChI=1S/C15H12ClNO4/c1-21-15(20)11-7-10(16)8-12(13(11)18)17-14(19)9-5-3-2-4-6-9/h2-8,18H,1H3,(H,17,19). The first kappa shape index (κ1) is 14.9. The van der Waals surface area contributed by atoms with Crippen LogP contribution in [0.3, 0.4) is 0 Å². The summed E-state index contributed by atoms with van der Waals surface area (Å²) < 4.78 is 4.55. The lowest BCUT2D eigenvalue weighted by molar-refractivity contribution is 0.0597. The minimum absolute atomic E-state index is 0.0387. The predicted molar refractivity (Wildman–Crippen MR) is 78.9 cm³/mol. The van der Waals surface area contributed by atoms with Gasteiger partial charge in [0.25, 0.3) is 5.91 Å². The summed E-state index contributed by atoms with van der Waals surface area (Å²) in [5.41, 5.74) is 0.335. The van der Waals surface area contributed by atoms with Gasteiger partial charge in [-0.3, -0.25) is 4.79 Å². The SMILES string of the molecule is COC(=O)c1cc(Cl)cc(NC(=O)c2ccccc2)c1O. The molecule has 0 aliphatic rings. The van der Waals surface area contributed by atoms with Crippen molar-refractivity contribution in [2.45, 2.75) is 0 Å². The predicted octanol–water partition coefficient (Wildman–Crippen LogP) is 3.08. The number of methoxy groups -OCH3 is 1. The number of esters is 1. The van der Waals surface area contributed by atoms with E-state index in [1.165, 1.54) is 19.2 Å². The van der Waals surface area contributed by atoms with Crippen molar-refractivity contribution in [3.63, 3.8) is 0 Å². The number of nitrogens with one attached hydrogen (secondary N) is 1. The Morgan fingerprint density at radius 2 is 1.86 bits per heavy atom. The molecule has 0 spiro atoms. The number of hydrogen-bond acceptors (Lipinski definition) is 4. The highest BCUT2D eigenvalue weighted by Gasteiger charge is 2.18. The van der Waals surface area contributed by atoms with Gasteiger partial charge in [0.2, 0.25) is 0 Å². The Labute approximate surface area is 126 Å². The van der Waals surface area contributed by atoms with Crippen LogP contribution in [0.4, 0.5) is 5.69 Å². The second-order valence-corrected chi connectivity index (χ2v) is 4.60. The van der Waals surface area contributed by atoms with Gasteiger partial charge in [0.1, 0.15) is 5.56 Å². The van der Waals surface area contributed by atoms with E-state index in [9.17, 15) is 14.7 Å². The van der Waals surface area contributed by atoms with Crippen molar-refractivity contribution in [3.8, 4) is 5.75 Å². The average Bonchev–Trinajstić information content (AvgIpc) is 2.50. The Morgan fingerprint density at radius 3 is 2.48 bits per heavy atom. The van der Waals surface area contributed by atoms with E-state index in [4.69, 9.17) is 11.6 Å². The molecule has 6 heteroatoms. The number of carbonyl (C=O) groups excluding carboxylic acids is 2. The van der Waals surface area contributed by atoms with Gasteiger partial charge in [0.05, 0.1) is 12.8 Å². The first-order valence-corrected chi connectivity index (χ1v) is 6.38. The van der Waals surface area contributed by atoms with Crippen LogP contribution in [0.5, 0.6) is 5.75 Å². The third kappa shape index (κ3) is 3.32. The smallest absolute Gasteiger partial charge is 0.341 e. The van der Waals surface area contributed by atoms with Gasteiger partial charge in [0, 0.05) is 10.6 Å². The van der Waals surface area contributed by atoms with Crippen LogP contribution in [0.1, 0.15) is 20.7 Å². The lowest BCUT2D eigenvalue weighted by atomic mass is 10.1. The third-order valence-electron chi connectivity index (χ3n) is 2.76. The summed E-state index contributed by atoms with van der Waals surface area (Å²) >= 11 is 5.88. The monoisotopic (exact) mass is 305 g/mol. The molecule has 0 unspecified atom stereocenters. The molecule has 21 heavy (non-hydrogen) atoms. The maximum absolute atomic E-state index is 12.0. The Balaban J connectivity index is 2.34. The maximum Gasteiger partial charge on any atom is 0.341 e. The molecule has 108 valence electrons. The molecule has 0 saturated heterocycles. The Kier molecular flexibility index (Phi) is 4.45. The largest absolute Gasteiger partial charge is 0.505 e. The lowest BCUT2D eigenvalue weighted by Crippen LogP contribution is -2.13. The summed E-state index contributed by atoms with van der Waals surface area (Å²) in [7, 11) is 1.19. The molecule has 0 radical (unpaired) electrons. The lowest BCUT2D eigenvalue weighted by Gasteiger charge is -2.11. The van der Waals surface area contributed by atoms with Gasteiger partial charge in [-0.2, -0.15) is 0 Å². The van der Waals surface area contributed by atoms with Crippen LogP contribution in [-0.2, 0) is 4.74 Å². The number of anilines is 1. The molecule has 0 bridgehead atoms. The van der Waals surface area contributed by atoms with E-state index < -0.39 is 17.6 Å². The number of amides is 1. The molecular formula is C15H12ClNO4. The Morgan fingerprint density at radius 1 is 1.19 bits per heavy atom. The number of aromatic hydroxyl groups is 1. The van der Waals surface area contributed by atoms with E-state index in [0.717, 1.165) is 0 Å². The van der Waals surface area contributed by atoms with Gasteiger partial charge < -0.3 is 15.2 Å². The number of phenols is 1. The molecule has 2 aromatic rings. The van der Waals surface area contributed by atoms with E-state index >= 15 is 0 Å². The van der Waals surface area contributed by atoms with Crippen LogP contribution in [0.25, 0.3) is 0 Å². The van der Waals surface area contributed by atoms with E-state index in [1.54, 1.807) is 30.3 Å². The molecule has 2 aromatic carbocycles. The molecule has 5 nitrogen and oxygen atoms in total. The number of ether oxygens (including phenoxy) is 1. The second-order valence-electron chi connectivity index (χ2n) is 4.16. The van der Waals surface area contributed by atoms with E-state index in [0.29, 0.717) is 5.56 Å². The second kappa shape index (κ2) is 6.28. The number of hydrogen-bond donors (Lipinski definition) is 2. The number of halogens is 1. The molecule has 0 atom stereocenters. The zero-order valence-electron chi connectivity index (χ0n) is 11.1. The molecular weight excluding hydrogens is 294 g/mol. The van der Waals surface area contributed by atoms with Gasteiger partial charge in [0.15, 0.2) is 5.75 Å². The molecule has 1 amide bonds. The topological polar surface area (TPSA) is 75.6 Å². The highest BCUT2D eigenvalue weighted by atomic mass is 35.5. The number of carbonyl (C=O) groups is 2. The van der Waals surface area contributed by atoms with Gasteiger partial charge in [-0.05, 0) is 24.3 Å². The van der Waals surface area contributed by atoms with Crippen LogP contribution in [0.2, 0.25) is 5.02 Å². The molecule has 0 aliphatic carbocycles. The van der Waals surface area contributed by atoms with Gasteiger partial charge >= 0.3 is 5.97 Å². The fourth-order valence-electron chi connectivity index (χ4n) is 1.74. The first-order chi connectivity index (χ1) is 10.0. The number of rotatable bonds is 3. The fraction of sp³-hybridized carbons (Fsp3) is 0.0667. The molecule has 0 aromatic heterocycles. The van der Waals surface area contributed by atoms with Crippen molar-refractivity contribution in [3.05, 3.63) is 58.6 Å². The minimum Gasteiger partial charge on any atom is -0.505 e. The molecule has 2 N–H and O–H groups in total. The Bertz CT molecular complexity index is 686. The molecule has 0 aliphatic heterocycles. The quantitative estimate of drug-likeness (QED) is 0.675. The summed E-state index contributed by atoms with van der Waals surface area (Å²) in [5, 5.41) is 12.7. The molecule has 2 rings (SSSR count). The van der Waals surface area contributed by atoms with Crippen LogP contribution >= 0.6 is 11.6 Å². The highest BCUT2D eigenvalue weighted by molar-refractivity contribution is 6.31. The summed E-state index contributed by atoms with van der Waals surface area (Å²) in [5.74, 6) is -1.57. The third-order valence-corrected chi connectivity index (χ3v) is 2.98. The van der Waals surface area contributed by atoms with Crippen molar-refractivity contribution in [1.29, 1.82) is 0 Å². The van der Waals surface area contributed by atoms with Crippen LogP contribution < -0.4 is 5.32 Å². The van der Waals surface area contributed by atoms with Crippen LogP contribution in [0, 0.1) is 0 Å². The summed E-state index contributed by atoms with van der Waals surface area (Å²) in [6, 6.07) is 11.1. The summed E-state index contributed by atoms with van der Waals surface area (Å²) in [4.78, 5) is 23.6. The normalized spacial score (nSPS) is 10.0. The zero-order valence-corrected chi connectivity index (χ0v) is 11.8. The van der Waals surface area contributed by atoms with Crippen LogP contribution in [-0.4, -0.2) is 24.1 Å². The van der Waals surface area contributed by atoms with E-state index in [1.807, 2.05) is 0 Å². The summed E-state index contributed by atoms with van der Waals surface area (Å²) in [6.45, 7) is 0. The van der Waals surface area contributed by atoms with Gasteiger partial charge in [-0.15, -0.1) is 0 Å². The highest BCUT2D eigenvalue weighted by Crippen LogP contribution is 2.32. The van der Waals surface area contributed by atoms with Gasteiger partial charge in [-0.25, -0.2) is 4.79 Å². The van der Waals surface area contributed by atoms with Crippen molar-refractivity contribution in [1.82, 2.24) is 0 Å². The van der Waals surface area contributed by atoms with E-state index in [-0.39, 0.29) is 16.3 Å². The van der Waals surface area contributed by atoms with E-state index in [2.05, 4.69) is 10.1 Å². The van der Waals surface area contributed by atoms with Crippen molar-refractivity contribution in [2.24, 2.45) is 0 Å². The number of benzene rings is 2. The average molecular weight is 306 g/mol. The van der Waals surface area contributed by atoms with Gasteiger partial charge in [-0.1, -0.05) is 29.8 Å². The van der Waals surface area contributed by atoms with Crippen molar-refractivity contribution in [2.75, 3.05) is 12.4 Å². The Hall–Kier alpha value is -2.53. The molecule has 0 saturated carbocycles. The first-order valence-electron chi connectivity index (χ1n) is 6.00. The molecule has 0 heterocycles. The molecule has 0 fully saturated rings. The van der Waals surface area contributed by atoms with Crippen molar-refractivity contribution < 1.29 is 19.4 Å². The summed E-state index contributed by atoms with van der Waals surface area (Å²) in [6.07, 6.45) is 0. The zero-order chi connectivity index (χ0) is 15.4. The van der Waals surface area contributed by atoms with Crippen LogP contribution in [0.15, 0.2) is 42.5 Å². The maximum atomic E-state index is 12.0. The van der Waals surface area contributed by atoms with Crippen molar-refractivity contribution >= 4 is 29.2 Å². The number of phenolic OH excluding ortho intramolecular Hbond substituents is 1. The fourth-order valence-corrected chi connectivity index (χ4v) is 1.96. The minimum atomic E-state index is -0.745.